The normalized spacial score (nSPS) is 14.2. The van der Waals surface area contributed by atoms with Crippen molar-refractivity contribution >= 4 is 11.6 Å². The van der Waals surface area contributed by atoms with Crippen molar-refractivity contribution in [3.8, 4) is 5.88 Å². The molecule has 2 aromatic rings. The van der Waals surface area contributed by atoms with Gasteiger partial charge in [0.2, 0.25) is 5.88 Å². The first-order chi connectivity index (χ1) is 14.4. The highest BCUT2D eigenvalue weighted by molar-refractivity contribution is 5.77. The number of nitrogens with zero attached hydrogens (tertiary/aromatic N) is 3. The van der Waals surface area contributed by atoms with Gasteiger partial charge in [0, 0.05) is 31.0 Å². The number of anilines is 1. The molecule has 3 N–H and O–H groups in total. The number of amides is 1. The minimum atomic E-state index is -2.63. The molecule has 3 heterocycles. The molecule has 0 saturated carbocycles. The van der Waals surface area contributed by atoms with E-state index in [1.54, 1.807) is 19.2 Å². The number of nitrogens with one attached hydrogen (secondary N) is 1. The van der Waals surface area contributed by atoms with Crippen LogP contribution in [0.3, 0.4) is 0 Å². The molecule has 0 saturated heterocycles. The van der Waals surface area contributed by atoms with Crippen LogP contribution in [-0.4, -0.2) is 40.6 Å². The SMILES string of the molecule is C/C(N)=C(\COc1cc2c(cn1)CN(C(=O)CF)CC2)Nc1ccc(C(F)F)nc1. The molecular formula is C20H22F3N5O2. The molecule has 1 aliphatic rings. The van der Waals surface area contributed by atoms with E-state index in [4.69, 9.17) is 10.5 Å². The van der Waals surface area contributed by atoms with Crippen LogP contribution in [-0.2, 0) is 17.8 Å². The van der Waals surface area contributed by atoms with E-state index in [2.05, 4.69) is 15.3 Å². The summed E-state index contributed by atoms with van der Waals surface area (Å²) < 4.78 is 43.6. The lowest BCUT2D eigenvalue weighted by Gasteiger charge is -2.28. The Labute approximate surface area is 171 Å². The zero-order valence-corrected chi connectivity index (χ0v) is 16.4. The van der Waals surface area contributed by atoms with Gasteiger partial charge in [-0.05, 0) is 36.6 Å². The van der Waals surface area contributed by atoms with Crippen molar-refractivity contribution in [1.82, 2.24) is 14.9 Å². The Morgan fingerprint density at radius 3 is 2.73 bits per heavy atom. The van der Waals surface area contributed by atoms with Crippen LogP contribution in [0.5, 0.6) is 5.88 Å². The van der Waals surface area contributed by atoms with Gasteiger partial charge in [0.15, 0.2) is 6.67 Å². The van der Waals surface area contributed by atoms with Gasteiger partial charge in [-0.3, -0.25) is 9.78 Å². The minimum absolute atomic E-state index is 0.0805. The number of hydrogen-bond donors (Lipinski definition) is 2. The second-order valence-corrected chi connectivity index (χ2v) is 6.84. The third-order valence-electron chi connectivity index (χ3n) is 4.68. The fourth-order valence-electron chi connectivity index (χ4n) is 2.97. The smallest absolute Gasteiger partial charge is 0.280 e. The molecule has 0 unspecified atom stereocenters. The van der Waals surface area contributed by atoms with Crippen LogP contribution >= 0.6 is 0 Å². The van der Waals surface area contributed by atoms with Gasteiger partial charge in [-0.15, -0.1) is 0 Å². The number of carbonyl (C=O) groups is 1. The quantitative estimate of drug-likeness (QED) is 0.714. The van der Waals surface area contributed by atoms with E-state index in [-0.39, 0.29) is 12.3 Å². The number of pyridine rings is 2. The third-order valence-corrected chi connectivity index (χ3v) is 4.68. The van der Waals surface area contributed by atoms with Gasteiger partial charge in [-0.25, -0.2) is 18.2 Å². The number of halogens is 3. The first kappa shape index (κ1) is 21.4. The maximum atomic E-state index is 12.6. The van der Waals surface area contributed by atoms with E-state index in [1.807, 2.05) is 0 Å². The van der Waals surface area contributed by atoms with Gasteiger partial charge in [0.05, 0.1) is 17.6 Å². The molecule has 30 heavy (non-hydrogen) atoms. The molecule has 0 aliphatic carbocycles. The highest BCUT2D eigenvalue weighted by Crippen LogP contribution is 2.23. The van der Waals surface area contributed by atoms with Crippen molar-refractivity contribution in [1.29, 1.82) is 0 Å². The maximum absolute atomic E-state index is 12.6. The predicted molar refractivity (Wildman–Crippen MR) is 105 cm³/mol. The lowest BCUT2D eigenvalue weighted by Crippen LogP contribution is -2.36. The zero-order chi connectivity index (χ0) is 21.7. The van der Waals surface area contributed by atoms with Crippen molar-refractivity contribution < 1.29 is 22.7 Å². The number of hydrogen-bond acceptors (Lipinski definition) is 6. The minimum Gasteiger partial charge on any atom is -0.471 e. The van der Waals surface area contributed by atoms with E-state index in [0.29, 0.717) is 42.5 Å². The summed E-state index contributed by atoms with van der Waals surface area (Å²) >= 11 is 0. The molecule has 0 radical (unpaired) electrons. The largest absolute Gasteiger partial charge is 0.471 e. The second kappa shape index (κ2) is 9.47. The topological polar surface area (TPSA) is 93.4 Å². The van der Waals surface area contributed by atoms with Gasteiger partial charge < -0.3 is 20.7 Å². The number of ether oxygens (including phenoxy) is 1. The first-order valence-corrected chi connectivity index (χ1v) is 9.28. The number of nitrogens with two attached hydrogens (primary N) is 1. The second-order valence-electron chi connectivity index (χ2n) is 6.84. The Morgan fingerprint density at radius 1 is 1.30 bits per heavy atom. The Morgan fingerprint density at radius 2 is 2.10 bits per heavy atom. The summed E-state index contributed by atoms with van der Waals surface area (Å²) in [6.45, 7) is 1.52. The summed E-state index contributed by atoms with van der Waals surface area (Å²) in [5.41, 5.74) is 8.93. The van der Waals surface area contributed by atoms with E-state index in [9.17, 15) is 18.0 Å². The standard InChI is InChI=1S/C20H22F3N5O2/c1-12(24)17(27-15-2-3-16(20(22)23)25-9-15)11-30-18-6-13-4-5-28(19(29)7-21)10-14(13)8-26-18/h2-3,6,8-9,20,27H,4-5,7,10-11,24H2,1H3/b17-12-. The number of carbonyl (C=O) groups excluding carboxylic acids is 1. The van der Waals surface area contributed by atoms with Crippen molar-refractivity contribution in [2.24, 2.45) is 5.73 Å². The highest BCUT2D eigenvalue weighted by atomic mass is 19.3. The Hall–Kier alpha value is -3.30. The van der Waals surface area contributed by atoms with Crippen LogP contribution in [0, 0.1) is 0 Å². The van der Waals surface area contributed by atoms with Crippen LogP contribution in [0.2, 0.25) is 0 Å². The fraction of sp³-hybridized carbons (Fsp3) is 0.350. The van der Waals surface area contributed by atoms with Crippen LogP contribution in [0.1, 0.15) is 30.2 Å². The van der Waals surface area contributed by atoms with Gasteiger partial charge in [0.25, 0.3) is 12.3 Å². The van der Waals surface area contributed by atoms with Crippen LogP contribution in [0.15, 0.2) is 42.0 Å². The third kappa shape index (κ3) is 5.19. The Kier molecular flexibility index (Phi) is 6.76. The first-order valence-electron chi connectivity index (χ1n) is 9.28. The van der Waals surface area contributed by atoms with E-state index < -0.39 is 19.0 Å². The highest BCUT2D eigenvalue weighted by Gasteiger charge is 2.21. The molecule has 160 valence electrons. The van der Waals surface area contributed by atoms with Crippen molar-refractivity contribution in [3.05, 3.63) is 58.8 Å². The van der Waals surface area contributed by atoms with Crippen LogP contribution < -0.4 is 15.8 Å². The number of rotatable bonds is 7. The van der Waals surface area contributed by atoms with Gasteiger partial charge in [0.1, 0.15) is 12.3 Å². The van der Waals surface area contributed by atoms with E-state index in [1.165, 1.54) is 23.2 Å². The molecule has 0 bridgehead atoms. The molecule has 1 amide bonds. The number of fused-ring (bicyclic) bond motifs is 1. The molecule has 2 aromatic heterocycles. The zero-order valence-electron chi connectivity index (χ0n) is 16.4. The van der Waals surface area contributed by atoms with Gasteiger partial charge >= 0.3 is 0 Å². The molecule has 0 atom stereocenters. The molecule has 7 nitrogen and oxygen atoms in total. The number of aromatic nitrogens is 2. The summed E-state index contributed by atoms with van der Waals surface area (Å²) in [6.07, 6.45) is 0.859. The predicted octanol–water partition coefficient (Wildman–Crippen LogP) is 2.95. The van der Waals surface area contributed by atoms with E-state index in [0.717, 1.165) is 11.1 Å². The lowest BCUT2D eigenvalue weighted by molar-refractivity contribution is -0.133. The average Bonchev–Trinajstić information content (AvgIpc) is 2.75. The average molecular weight is 421 g/mol. The lowest BCUT2D eigenvalue weighted by atomic mass is 10.0. The monoisotopic (exact) mass is 421 g/mol. The number of alkyl halides is 3. The Bertz CT molecular complexity index is 931. The molecular weight excluding hydrogens is 399 g/mol. The molecule has 1 aliphatic heterocycles. The molecule has 0 fully saturated rings. The summed E-state index contributed by atoms with van der Waals surface area (Å²) in [5, 5.41) is 3.02. The van der Waals surface area contributed by atoms with Crippen LogP contribution in [0.25, 0.3) is 0 Å². The van der Waals surface area contributed by atoms with Gasteiger partial charge in [-0.1, -0.05) is 0 Å². The molecule has 0 aromatic carbocycles. The van der Waals surface area contributed by atoms with E-state index >= 15 is 0 Å². The molecule has 0 spiro atoms. The summed E-state index contributed by atoms with van der Waals surface area (Å²) in [7, 11) is 0. The number of allylic oxidation sites excluding steroid dienone is 1. The van der Waals surface area contributed by atoms with Crippen molar-refractivity contribution in [3.63, 3.8) is 0 Å². The fourth-order valence-corrected chi connectivity index (χ4v) is 2.97. The molecule has 10 heteroatoms. The van der Waals surface area contributed by atoms with Gasteiger partial charge in [-0.2, -0.15) is 0 Å². The summed E-state index contributed by atoms with van der Waals surface area (Å²) in [4.78, 5) is 20.9. The Balaban J connectivity index is 1.63. The van der Waals surface area contributed by atoms with Crippen molar-refractivity contribution in [2.45, 2.75) is 26.3 Å². The van der Waals surface area contributed by atoms with Crippen LogP contribution in [0.4, 0.5) is 18.9 Å². The summed E-state index contributed by atoms with van der Waals surface area (Å²) in [6, 6.07) is 4.51. The van der Waals surface area contributed by atoms with Crippen molar-refractivity contribution in [2.75, 3.05) is 25.1 Å². The summed E-state index contributed by atoms with van der Waals surface area (Å²) in [5.74, 6) is -0.151. The maximum Gasteiger partial charge on any atom is 0.280 e. The molecule has 3 rings (SSSR count).